The monoisotopic (exact) mass is 156 g/mol. The third-order valence-electron chi connectivity index (χ3n) is 0.692. The molecule has 0 radical (unpaired) electrons. The molecule has 1 rings (SSSR count). The summed E-state index contributed by atoms with van der Waals surface area (Å²) in [6, 6.07) is 0. The lowest BCUT2D eigenvalue weighted by atomic mass is 10.5. The van der Waals surface area contributed by atoms with Crippen molar-refractivity contribution in [2.24, 2.45) is 0 Å². The van der Waals surface area contributed by atoms with Crippen molar-refractivity contribution in [2.45, 2.75) is 20.8 Å². The van der Waals surface area contributed by atoms with Gasteiger partial charge in [0, 0.05) is 25.7 Å². The second-order valence-corrected chi connectivity index (χ2v) is 1.35. The molecule has 0 aliphatic carbocycles. The van der Waals surface area contributed by atoms with Crippen LogP contribution in [0.15, 0.2) is 18.6 Å². The van der Waals surface area contributed by atoms with Crippen LogP contribution in [-0.2, 0) is 0 Å². The first-order chi connectivity index (χ1) is 5.39. The SMILES string of the molecule is CC.CO.Cc1cnccn1. The lowest BCUT2D eigenvalue weighted by molar-refractivity contribution is 0.399. The first-order valence-electron chi connectivity index (χ1n) is 3.57. The van der Waals surface area contributed by atoms with Crippen LogP contribution >= 0.6 is 0 Å². The Morgan fingerprint density at radius 1 is 1.18 bits per heavy atom. The Kier molecular flexibility index (Phi) is 13.6. The van der Waals surface area contributed by atoms with Crippen LogP contribution in [-0.4, -0.2) is 22.2 Å². The van der Waals surface area contributed by atoms with Crippen molar-refractivity contribution in [1.82, 2.24) is 9.97 Å². The minimum atomic E-state index is 0.961. The maximum atomic E-state index is 7.00. The summed E-state index contributed by atoms with van der Waals surface area (Å²) in [6.45, 7) is 5.91. The van der Waals surface area contributed by atoms with E-state index in [0.29, 0.717) is 0 Å². The van der Waals surface area contributed by atoms with E-state index in [0.717, 1.165) is 12.8 Å². The molecule has 64 valence electrons. The van der Waals surface area contributed by atoms with Gasteiger partial charge in [0.2, 0.25) is 0 Å². The summed E-state index contributed by atoms with van der Waals surface area (Å²) >= 11 is 0. The summed E-state index contributed by atoms with van der Waals surface area (Å²) in [5.74, 6) is 0. The van der Waals surface area contributed by atoms with Crippen molar-refractivity contribution in [3.8, 4) is 0 Å². The molecule has 0 bridgehead atoms. The highest BCUT2D eigenvalue weighted by Gasteiger charge is 1.74. The molecule has 1 N–H and O–H groups in total. The van der Waals surface area contributed by atoms with E-state index in [-0.39, 0.29) is 0 Å². The van der Waals surface area contributed by atoms with Crippen LogP contribution in [0.5, 0.6) is 0 Å². The van der Waals surface area contributed by atoms with E-state index in [1.165, 1.54) is 0 Å². The van der Waals surface area contributed by atoms with E-state index < -0.39 is 0 Å². The van der Waals surface area contributed by atoms with Gasteiger partial charge in [0.15, 0.2) is 0 Å². The van der Waals surface area contributed by atoms with Crippen molar-refractivity contribution in [3.63, 3.8) is 0 Å². The van der Waals surface area contributed by atoms with Gasteiger partial charge < -0.3 is 5.11 Å². The van der Waals surface area contributed by atoms with Crippen molar-refractivity contribution in [2.75, 3.05) is 7.11 Å². The van der Waals surface area contributed by atoms with Crippen molar-refractivity contribution in [3.05, 3.63) is 24.3 Å². The van der Waals surface area contributed by atoms with Gasteiger partial charge in [-0.25, -0.2) is 0 Å². The molecule has 0 saturated carbocycles. The standard InChI is InChI=1S/C5H6N2.C2H6.CH4O/c1-5-4-6-2-3-7-5;2*1-2/h2-4H,1H3;1-2H3;2H,1H3. The third-order valence-corrected chi connectivity index (χ3v) is 0.692. The number of rotatable bonds is 0. The van der Waals surface area contributed by atoms with Gasteiger partial charge in [-0.15, -0.1) is 0 Å². The molecular formula is C8H16N2O. The molecule has 0 spiro atoms. The van der Waals surface area contributed by atoms with Crippen molar-refractivity contribution >= 4 is 0 Å². The highest BCUT2D eigenvalue weighted by molar-refractivity contribution is 4.88. The van der Waals surface area contributed by atoms with Crippen molar-refractivity contribution < 1.29 is 5.11 Å². The van der Waals surface area contributed by atoms with Crippen molar-refractivity contribution in [1.29, 1.82) is 0 Å². The topological polar surface area (TPSA) is 46.0 Å². The Hall–Kier alpha value is -0.960. The Labute approximate surface area is 68.1 Å². The molecular weight excluding hydrogens is 140 g/mol. The van der Waals surface area contributed by atoms with Gasteiger partial charge in [0.25, 0.3) is 0 Å². The Bertz CT molecular complexity index is 142. The molecule has 1 aromatic heterocycles. The Morgan fingerprint density at radius 2 is 1.73 bits per heavy atom. The van der Waals surface area contributed by atoms with Crippen LogP contribution in [0.1, 0.15) is 19.5 Å². The van der Waals surface area contributed by atoms with E-state index in [1.54, 1.807) is 18.6 Å². The predicted octanol–water partition coefficient (Wildman–Crippen LogP) is 1.42. The fourth-order valence-electron chi connectivity index (χ4n) is 0.374. The molecule has 3 nitrogen and oxygen atoms in total. The Balaban J connectivity index is 0. The molecule has 0 atom stereocenters. The van der Waals surface area contributed by atoms with Crippen LogP contribution < -0.4 is 0 Å². The number of aliphatic hydroxyl groups excluding tert-OH is 1. The summed E-state index contributed by atoms with van der Waals surface area (Å²) in [4.78, 5) is 7.74. The largest absolute Gasteiger partial charge is 0.400 e. The molecule has 0 amide bonds. The Morgan fingerprint density at radius 3 is 1.91 bits per heavy atom. The normalized spacial score (nSPS) is 6.64. The molecule has 0 aromatic carbocycles. The van der Waals surface area contributed by atoms with Crippen LogP contribution in [0.4, 0.5) is 0 Å². The molecule has 0 fully saturated rings. The van der Waals surface area contributed by atoms with E-state index in [4.69, 9.17) is 5.11 Å². The van der Waals surface area contributed by atoms with E-state index in [9.17, 15) is 0 Å². The molecule has 0 unspecified atom stereocenters. The summed E-state index contributed by atoms with van der Waals surface area (Å²) in [5, 5.41) is 7.00. The van der Waals surface area contributed by atoms with Crippen LogP contribution in [0.25, 0.3) is 0 Å². The molecule has 1 aromatic rings. The summed E-state index contributed by atoms with van der Waals surface area (Å²) in [7, 11) is 1.00. The van der Waals surface area contributed by atoms with Gasteiger partial charge in [-0.2, -0.15) is 0 Å². The number of aryl methyl sites for hydroxylation is 1. The zero-order chi connectivity index (χ0) is 9.11. The second-order valence-electron chi connectivity index (χ2n) is 1.35. The summed E-state index contributed by atoms with van der Waals surface area (Å²) in [6.07, 6.45) is 5.06. The summed E-state index contributed by atoms with van der Waals surface area (Å²) < 4.78 is 0. The van der Waals surface area contributed by atoms with Gasteiger partial charge in [-0.1, -0.05) is 13.8 Å². The molecule has 0 saturated heterocycles. The third kappa shape index (κ3) is 9.04. The van der Waals surface area contributed by atoms with Crippen LogP contribution in [0.3, 0.4) is 0 Å². The zero-order valence-electron chi connectivity index (χ0n) is 7.57. The average Bonchev–Trinajstić information content (AvgIpc) is 2.13. The average molecular weight is 156 g/mol. The smallest absolute Gasteiger partial charge is 0.0555 e. The zero-order valence-corrected chi connectivity index (χ0v) is 7.57. The first kappa shape index (κ1) is 12.7. The van der Waals surface area contributed by atoms with E-state index in [2.05, 4.69) is 9.97 Å². The van der Waals surface area contributed by atoms with E-state index in [1.807, 2.05) is 20.8 Å². The van der Waals surface area contributed by atoms with Gasteiger partial charge in [0.05, 0.1) is 5.69 Å². The van der Waals surface area contributed by atoms with Gasteiger partial charge in [-0.3, -0.25) is 9.97 Å². The van der Waals surface area contributed by atoms with E-state index >= 15 is 0 Å². The summed E-state index contributed by atoms with van der Waals surface area (Å²) in [5.41, 5.74) is 0.961. The fourth-order valence-corrected chi connectivity index (χ4v) is 0.374. The van der Waals surface area contributed by atoms with Gasteiger partial charge in [-0.05, 0) is 6.92 Å². The number of hydrogen-bond donors (Lipinski definition) is 1. The molecule has 1 heterocycles. The lowest BCUT2D eigenvalue weighted by Gasteiger charge is -1.81. The van der Waals surface area contributed by atoms with Crippen LogP contribution in [0, 0.1) is 6.92 Å². The molecule has 3 heteroatoms. The minimum absolute atomic E-state index is 0.961. The van der Waals surface area contributed by atoms with Gasteiger partial charge >= 0.3 is 0 Å². The highest BCUT2D eigenvalue weighted by Crippen LogP contribution is 1.81. The molecule has 11 heavy (non-hydrogen) atoms. The lowest BCUT2D eigenvalue weighted by Crippen LogP contribution is -1.77. The van der Waals surface area contributed by atoms with Crippen LogP contribution in [0.2, 0.25) is 0 Å². The molecule has 0 aliphatic rings. The maximum Gasteiger partial charge on any atom is 0.0555 e. The first-order valence-corrected chi connectivity index (χ1v) is 3.57. The number of aliphatic hydroxyl groups is 1. The second kappa shape index (κ2) is 11.8. The number of hydrogen-bond acceptors (Lipinski definition) is 3. The maximum absolute atomic E-state index is 7.00. The minimum Gasteiger partial charge on any atom is -0.400 e. The fraction of sp³-hybridized carbons (Fsp3) is 0.500. The highest BCUT2D eigenvalue weighted by atomic mass is 16.2. The quantitative estimate of drug-likeness (QED) is 0.618. The molecule has 0 aliphatic heterocycles. The number of nitrogens with zero attached hydrogens (tertiary/aromatic N) is 2. The predicted molar refractivity (Wildman–Crippen MR) is 46.3 cm³/mol. The number of aromatic nitrogens is 2. The van der Waals surface area contributed by atoms with Gasteiger partial charge in [0.1, 0.15) is 0 Å².